The average molecular weight is 1160 g/mol. The van der Waals surface area contributed by atoms with Crippen LogP contribution in [0.25, 0.3) is 0 Å². The fourth-order valence-electron chi connectivity index (χ4n) is 11.0. The molecular formula is C77H140O6. The van der Waals surface area contributed by atoms with Crippen LogP contribution in [-0.2, 0) is 28.6 Å². The molecule has 6 heteroatoms. The number of carbonyl (C=O) groups is 3. The molecule has 0 heterocycles. The van der Waals surface area contributed by atoms with Crippen LogP contribution >= 0.6 is 0 Å². The van der Waals surface area contributed by atoms with E-state index in [1.165, 1.54) is 238 Å². The van der Waals surface area contributed by atoms with Gasteiger partial charge in [0.15, 0.2) is 6.10 Å². The summed E-state index contributed by atoms with van der Waals surface area (Å²) in [7, 11) is 0. The normalized spacial score (nSPS) is 12.4. The highest BCUT2D eigenvalue weighted by Gasteiger charge is 2.19. The number of hydrogen-bond acceptors (Lipinski definition) is 6. The van der Waals surface area contributed by atoms with Crippen molar-refractivity contribution in [1.82, 2.24) is 0 Å². The molecule has 0 saturated heterocycles. The van der Waals surface area contributed by atoms with Gasteiger partial charge in [-0.1, -0.05) is 351 Å². The van der Waals surface area contributed by atoms with E-state index in [-0.39, 0.29) is 31.1 Å². The zero-order valence-corrected chi connectivity index (χ0v) is 55.7. The summed E-state index contributed by atoms with van der Waals surface area (Å²) in [5, 5.41) is 0. The van der Waals surface area contributed by atoms with Gasteiger partial charge in [-0.15, -0.1) is 0 Å². The van der Waals surface area contributed by atoms with E-state index in [2.05, 4.69) is 81.5 Å². The molecule has 0 spiro atoms. The highest BCUT2D eigenvalue weighted by atomic mass is 16.6. The molecule has 0 aromatic rings. The minimum atomic E-state index is -0.789. The number of rotatable bonds is 68. The third kappa shape index (κ3) is 69.8. The standard InChI is InChI=1S/C77H140O6/c1-4-7-10-13-16-19-22-25-28-29-30-31-32-33-34-35-36-37-38-39-40-41-42-43-44-45-46-47-50-52-55-58-61-64-67-70-76(79)82-73-74(83-77(80)71-68-65-62-59-56-53-49-27-24-21-18-15-12-9-6-3)72-81-75(78)69-66-63-60-57-54-51-48-26-23-20-17-14-11-8-5-2/h9,12,17-18,20-21,26-27,48-49,74H,4-8,10-11,13-16,19,22-25,28-47,50-73H2,1-3H3/b12-9-,20-17-,21-18-,48-26-,49-27-. The highest BCUT2D eigenvalue weighted by molar-refractivity contribution is 5.71. The summed E-state index contributed by atoms with van der Waals surface area (Å²) in [5.41, 5.74) is 0. The number of esters is 3. The Morgan fingerprint density at radius 1 is 0.253 bits per heavy atom. The smallest absolute Gasteiger partial charge is 0.306 e. The van der Waals surface area contributed by atoms with Crippen LogP contribution in [0.1, 0.15) is 393 Å². The van der Waals surface area contributed by atoms with Crippen LogP contribution in [0.2, 0.25) is 0 Å². The molecule has 0 amide bonds. The lowest BCUT2D eigenvalue weighted by Crippen LogP contribution is -2.30. The van der Waals surface area contributed by atoms with E-state index in [0.29, 0.717) is 19.3 Å². The molecule has 6 nitrogen and oxygen atoms in total. The lowest BCUT2D eigenvalue weighted by atomic mass is 10.0. The maximum absolute atomic E-state index is 12.9. The van der Waals surface area contributed by atoms with E-state index >= 15 is 0 Å². The third-order valence-corrected chi connectivity index (χ3v) is 16.5. The first kappa shape index (κ1) is 80.1. The van der Waals surface area contributed by atoms with Gasteiger partial charge >= 0.3 is 17.9 Å². The van der Waals surface area contributed by atoms with Gasteiger partial charge in [-0.2, -0.15) is 0 Å². The van der Waals surface area contributed by atoms with Crippen molar-refractivity contribution >= 4 is 17.9 Å². The monoisotopic (exact) mass is 1160 g/mol. The Bertz CT molecular complexity index is 1470. The van der Waals surface area contributed by atoms with Gasteiger partial charge in [0.2, 0.25) is 0 Å². The van der Waals surface area contributed by atoms with Crippen molar-refractivity contribution in [3.8, 4) is 0 Å². The van der Waals surface area contributed by atoms with Crippen LogP contribution in [0, 0.1) is 0 Å². The highest BCUT2D eigenvalue weighted by Crippen LogP contribution is 2.19. The van der Waals surface area contributed by atoms with Gasteiger partial charge in [0.25, 0.3) is 0 Å². The summed E-state index contributed by atoms with van der Waals surface area (Å²) in [6.07, 6.45) is 92.9. The predicted molar refractivity (Wildman–Crippen MR) is 362 cm³/mol. The summed E-state index contributed by atoms with van der Waals surface area (Å²) in [4.78, 5) is 38.4. The van der Waals surface area contributed by atoms with Crippen LogP contribution < -0.4 is 0 Å². The number of unbranched alkanes of at least 4 members (excludes halogenated alkanes) is 47. The van der Waals surface area contributed by atoms with Gasteiger partial charge in [-0.25, -0.2) is 0 Å². The average Bonchev–Trinajstić information content (AvgIpc) is 3.50. The van der Waals surface area contributed by atoms with Crippen LogP contribution in [0.5, 0.6) is 0 Å². The van der Waals surface area contributed by atoms with E-state index in [0.717, 1.165) is 116 Å². The molecule has 1 atom stereocenters. The largest absolute Gasteiger partial charge is 0.462 e. The van der Waals surface area contributed by atoms with Crippen LogP contribution in [0.4, 0.5) is 0 Å². The van der Waals surface area contributed by atoms with E-state index in [4.69, 9.17) is 14.2 Å². The summed E-state index contributed by atoms with van der Waals surface area (Å²) >= 11 is 0. The van der Waals surface area contributed by atoms with E-state index in [1.54, 1.807) is 0 Å². The third-order valence-electron chi connectivity index (χ3n) is 16.5. The second kappa shape index (κ2) is 71.6. The van der Waals surface area contributed by atoms with Crippen molar-refractivity contribution in [2.45, 2.75) is 399 Å². The zero-order chi connectivity index (χ0) is 59.9. The fourth-order valence-corrected chi connectivity index (χ4v) is 11.0. The Morgan fingerprint density at radius 2 is 0.470 bits per heavy atom. The second-order valence-corrected chi connectivity index (χ2v) is 24.8. The van der Waals surface area contributed by atoms with Crippen LogP contribution in [0.3, 0.4) is 0 Å². The topological polar surface area (TPSA) is 78.9 Å². The first-order valence-corrected chi connectivity index (χ1v) is 36.8. The van der Waals surface area contributed by atoms with Gasteiger partial charge in [0.1, 0.15) is 13.2 Å². The van der Waals surface area contributed by atoms with Crippen molar-refractivity contribution in [2.24, 2.45) is 0 Å². The predicted octanol–water partition coefficient (Wildman–Crippen LogP) is 25.5. The first-order valence-electron chi connectivity index (χ1n) is 36.8. The first-order chi connectivity index (χ1) is 41.0. The molecule has 0 bridgehead atoms. The number of carbonyl (C=O) groups excluding carboxylic acids is 3. The summed E-state index contributed by atoms with van der Waals surface area (Å²) in [6, 6.07) is 0. The molecule has 0 aliphatic heterocycles. The van der Waals surface area contributed by atoms with Crippen molar-refractivity contribution in [2.75, 3.05) is 13.2 Å². The van der Waals surface area contributed by atoms with Gasteiger partial charge in [-0.3, -0.25) is 14.4 Å². The Hall–Kier alpha value is -2.89. The Morgan fingerprint density at radius 3 is 0.759 bits per heavy atom. The van der Waals surface area contributed by atoms with E-state index in [9.17, 15) is 14.4 Å². The van der Waals surface area contributed by atoms with Gasteiger partial charge in [0.05, 0.1) is 0 Å². The van der Waals surface area contributed by atoms with E-state index in [1.807, 2.05) is 0 Å². The lowest BCUT2D eigenvalue weighted by molar-refractivity contribution is -0.167. The molecule has 0 aromatic carbocycles. The molecule has 0 rings (SSSR count). The Balaban J connectivity index is 4.09. The van der Waals surface area contributed by atoms with Gasteiger partial charge in [-0.05, 0) is 83.5 Å². The maximum atomic E-state index is 12.9. The Labute approximate surface area is 517 Å². The molecule has 0 fully saturated rings. The minimum Gasteiger partial charge on any atom is -0.462 e. The van der Waals surface area contributed by atoms with E-state index < -0.39 is 6.10 Å². The fraction of sp³-hybridized carbons (Fsp3) is 0.831. The molecule has 0 saturated carbocycles. The number of ether oxygens (including phenoxy) is 3. The lowest BCUT2D eigenvalue weighted by Gasteiger charge is -2.18. The summed E-state index contributed by atoms with van der Waals surface area (Å²) < 4.78 is 16.9. The van der Waals surface area contributed by atoms with Crippen molar-refractivity contribution in [3.05, 3.63) is 60.8 Å². The summed E-state index contributed by atoms with van der Waals surface area (Å²) in [5.74, 6) is -0.894. The SMILES string of the molecule is CC/C=C\C/C=C\C/C=C\CCCCCCCC(=O)OC(COC(=O)CCCCCCC/C=C\C/C=C\CCCCC)COC(=O)CCCCCCCCCCCCCCCCCCCCCCCCCCCCCCCCCCCCC. The van der Waals surface area contributed by atoms with Crippen LogP contribution in [0.15, 0.2) is 60.8 Å². The molecule has 1 unspecified atom stereocenters. The quantitative estimate of drug-likeness (QED) is 0.0261. The van der Waals surface area contributed by atoms with Crippen molar-refractivity contribution in [3.63, 3.8) is 0 Å². The molecular weight excluding hydrogens is 1020 g/mol. The Kier molecular flexibility index (Phi) is 69.1. The number of hydrogen-bond donors (Lipinski definition) is 0. The molecule has 0 N–H and O–H groups in total. The molecule has 484 valence electrons. The molecule has 0 aromatic heterocycles. The van der Waals surface area contributed by atoms with Gasteiger partial charge < -0.3 is 14.2 Å². The van der Waals surface area contributed by atoms with Crippen molar-refractivity contribution in [1.29, 1.82) is 0 Å². The maximum Gasteiger partial charge on any atom is 0.306 e. The molecule has 0 radical (unpaired) electrons. The second-order valence-electron chi connectivity index (χ2n) is 24.8. The molecule has 0 aliphatic carbocycles. The minimum absolute atomic E-state index is 0.0829. The van der Waals surface area contributed by atoms with Crippen molar-refractivity contribution < 1.29 is 28.6 Å². The van der Waals surface area contributed by atoms with Crippen LogP contribution in [-0.4, -0.2) is 37.2 Å². The van der Waals surface area contributed by atoms with Gasteiger partial charge in [0, 0.05) is 19.3 Å². The molecule has 0 aliphatic rings. The molecule has 83 heavy (non-hydrogen) atoms. The summed E-state index contributed by atoms with van der Waals surface area (Å²) in [6.45, 7) is 6.53. The number of allylic oxidation sites excluding steroid dienone is 10. The zero-order valence-electron chi connectivity index (χ0n) is 55.7.